The van der Waals surface area contributed by atoms with Crippen molar-refractivity contribution in [2.24, 2.45) is 5.92 Å². The second kappa shape index (κ2) is 8.16. The van der Waals surface area contributed by atoms with Gasteiger partial charge in [0, 0.05) is 30.0 Å². The molecule has 1 aliphatic rings. The Bertz CT molecular complexity index is 1090. The minimum Gasteiger partial charge on any atom is -0.494 e. The Kier molecular flexibility index (Phi) is 5.55. The Balaban J connectivity index is 1.57. The van der Waals surface area contributed by atoms with E-state index in [1.54, 1.807) is 12.1 Å². The maximum Gasteiger partial charge on any atom is 0.451 e. The highest BCUT2D eigenvalue weighted by Gasteiger charge is 2.34. The zero-order chi connectivity index (χ0) is 22.2. The van der Waals surface area contributed by atoms with E-state index in [2.05, 4.69) is 27.3 Å². The molecule has 0 radical (unpaired) electrons. The van der Waals surface area contributed by atoms with Crippen LogP contribution in [0, 0.1) is 5.92 Å². The van der Waals surface area contributed by atoms with Crippen LogP contribution >= 0.6 is 0 Å². The van der Waals surface area contributed by atoms with Crippen LogP contribution in [0.1, 0.15) is 54.8 Å². The van der Waals surface area contributed by atoms with Crippen LogP contribution in [0.4, 0.5) is 18.9 Å². The number of amides is 1. The number of halogens is 3. The van der Waals surface area contributed by atoms with Crippen LogP contribution in [0.5, 0.6) is 5.75 Å². The number of nitrogens with one attached hydrogen (secondary N) is 1. The second-order valence-electron chi connectivity index (χ2n) is 7.88. The first-order valence-corrected chi connectivity index (χ1v) is 10.0. The Morgan fingerprint density at radius 2 is 1.84 bits per heavy atom. The van der Waals surface area contributed by atoms with E-state index in [1.165, 1.54) is 20.0 Å². The van der Waals surface area contributed by atoms with Gasteiger partial charge in [0.2, 0.25) is 5.82 Å². The molecule has 1 aromatic carbocycles. The van der Waals surface area contributed by atoms with Gasteiger partial charge in [-0.2, -0.15) is 18.3 Å². The summed E-state index contributed by atoms with van der Waals surface area (Å²) in [5.41, 5.74) is 1.03. The van der Waals surface area contributed by atoms with Crippen LogP contribution in [0.15, 0.2) is 30.7 Å². The summed E-state index contributed by atoms with van der Waals surface area (Å²) < 4.78 is 45.2. The summed E-state index contributed by atoms with van der Waals surface area (Å²) in [5.74, 6) is -0.805. The van der Waals surface area contributed by atoms with E-state index >= 15 is 0 Å². The molecule has 1 fully saturated rings. The number of carbonyl (C=O) groups is 1. The van der Waals surface area contributed by atoms with Gasteiger partial charge in [-0.25, -0.2) is 9.97 Å². The lowest BCUT2D eigenvalue weighted by atomic mass is 9.87. The number of fused-ring (bicyclic) bond motifs is 1. The van der Waals surface area contributed by atoms with Crippen molar-refractivity contribution in [2.75, 3.05) is 12.4 Å². The van der Waals surface area contributed by atoms with Gasteiger partial charge in [-0.1, -0.05) is 6.92 Å². The Hall–Kier alpha value is -3.17. The van der Waals surface area contributed by atoms with Crippen LogP contribution in [-0.4, -0.2) is 32.8 Å². The molecule has 1 aliphatic carbocycles. The molecule has 0 atom stereocenters. The van der Waals surface area contributed by atoms with E-state index in [0.717, 1.165) is 42.1 Å². The first-order chi connectivity index (χ1) is 14.7. The Morgan fingerprint density at radius 3 is 2.45 bits per heavy atom. The quantitative estimate of drug-likeness (QED) is 0.636. The molecule has 0 saturated heterocycles. The highest BCUT2D eigenvalue weighted by molar-refractivity contribution is 6.05. The molecule has 1 N–H and O–H groups in total. The van der Waals surface area contributed by atoms with Gasteiger partial charge in [0.05, 0.1) is 29.9 Å². The van der Waals surface area contributed by atoms with Crippen LogP contribution in [0.2, 0.25) is 0 Å². The summed E-state index contributed by atoms with van der Waals surface area (Å²) >= 11 is 0. The van der Waals surface area contributed by atoms with Gasteiger partial charge in [0.25, 0.3) is 5.91 Å². The van der Waals surface area contributed by atoms with Crippen LogP contribution < -0.4 is 10.1 Å². The molecule has 2 aromatic heterocycles. The van der Waals surface area contributed by atoms with Gasteiger partial charge >= 0.3 is 6.18 Å². The van der Waals surface area contributed by atoms with Gasteiger partial charge in [0.15, 0.2) is 0 Å². The predicted octanol–water partition coefficient (Wildman–Crippen LogP) is 4.86. The lowest BCUT2D eigenvalue weighted by Gasteiger charge is -2.26. The van der Waals surface area contributed by atoms with Crippen molar-refractivity contribution in [1.82, 2.24) is 19.7 Å². The molecule has 10 heteroatoms. The fraction of sp³-hybridized carbons (Fsp3) is 0.429. The molecule has 0 aliphatic heterocycles. The number of hydrogen-bond acceptors (Lipinski definition) is 5. The Labute approximate surface area is 176 Å². The summed E-state index contributed by atoms with van der Waals surface area (Å²) in [6, 6.07) is 3.82. The maximum absolute atomic E-state index is 12.6. The molecule has 7 nitrogen and oxygen atoms in total. The molecular weight excluding hydrogens is 411 g/mol. The summed E-state index contributed by atoms with van der Waals surface area (Å²) in [7, 11) is 1.47. The van der Waals surface area contributed by atoms with E-state index in [9.17, 15) is 18.0 Å². The van der Waals surface area contributed by atoms with E-state index in [1.807, 2.05) is 10.9 Å². The molecule has 1 amide bonds. The predicted molar refractivity (Wildman–Crippen MR) is 108 cm³/mol. The number of alkyl halides is 3. The number of ether oxygens (including phenoxy) is 1. The lowest BCUT2D eigenvalue weighted by Crippen LogP contribution is -2.16. The minimum absolute atomic E-state index is 0.0952. The van der Waals surface area contributed by atoms with Crippen molar-refractivity contribution in [2.45, 2.75) is 44.8 Å². The molecule has 2 heterocycles. The number of nitrogens with zero attached hydrogens (tertiary/aromatic N) is 4. The van der Waals surface area contributed by atoms with E-state index < -0.39 is 17.9 Å². The number of benzene rings is 1. The maximum atomic E-state index is 12.6. The van der Waals surface area contributed by atoms with Crippen molar-refractivity contribution >= 4 is 22.5 Å². The SMILES string of the molecule is COc1cc2nn(C3CCC(C)CC3)cc2cc1NC(=O)c1cnc(C(F)(F)F)nc1. The Morgan fingerprint density at radius 1 is 1.16 bits per heavy atom. The summed E-state index contributed by atoms with van der Waals surface area (Å²) in [6.07, 6.45) is 3.46. The van der Waals surface area contributed by atoms with Gasteiger partial charge < -0.3 is 10.1 Å². The third-order valence-corrected chi connectivity index (χ3v) is 5.62. The number of anilines is 1. The average Bonchev–Trinajstić information content (AvgIpc) is 3.16. The number of hydrogen-bond donors (Lipinski definition) is 1. The average molecular weight is 433 g/mol. The molecule has 0 spiro atoms. The van der Waals surface area contributed by atoms with E-state index in [-0.39, 0.29) is 5.56 Å². The van der Waals surface area contributed by atoms with Crippen molar-refractivity contribution in [3.05, 3.63) is 42.1 Å². The molecule has 1 saturated carbocycles. The highest BCUT2D eigenvalue weighted by Crippen LogP contribution is 2.35. The van der Waals surface area contributed by atoms with Crippen LogP contribution in [-0.2, 0) is 6.18 Å². The molecule has 0 bridgehead atoms. The standard InChI is InChI=1S/C21H22F3N5O2/c1-12-3-5-15(6-4-12)29-11-13-7-17(18(31-2)8-16(13)28-29)27-19(30)14-9-25-20(26-10-14)21(22,23)24/h7-12,15H,3-6H2,1-2H3,(H,27,30). The number of rotatable bonds is 4. The van der Waals surface area contributed by atoms with Crippen molar-refractivity contribution in [1.29, 1.82) is 0 Å². The van der Waals surface area contributed by atoms with Gasteiger partial charge in [-0.15, -0.1) is 0 Å². The summed E-state index contributed by atoms with van der Waals surface area (Å²) in [5, 5.41) is 8.17. The molecule has 31 heavy (non-hydrogen) atoms. The zero-order valence-corrected chi connectivity index (χ0v) is 17.1. The topological polar surface area (TPSA) is 81.9 Å². The lowest BCUT2D eigenvalue weighted by molar-refractivity contribution is -0.145. The summed E-state index contributed by atoms with van der Waals surface area (Å²) in [6.45, 7) is 2.26. The monoisotopic (exact) mass is 433 g/mol. The normalized spacial score (nSPS) is 19.4. The first-order valence-electron chi connectivity index (χ1n) is 10.0. The van der Waals surface area contributed by atoms with E-state index in [0.29, 0.717) is 17.5 Å². The zero-order valence-electron chi connectivity index (χ0n) is 17.1. The number of methoxy groups -OCH3 is 1. The first kappa shape index (κ1) is 21.1. The fourth-order valence-electron chi connectivity index (χ4n) is 3.82. The molecule has 3 aromatic rings. The molecular formula is C21H22F3N5O2. The van der Waals surface area contributed by atoms with Crippen LogP contribution in [0.3, 0.4) is 0 Å². The largest absolute Gasteiger partial charge is 0.494 e. The second-order valence-corrected chi connectivity index (χ2v) is 7.88. The van der Waals surface area contributed by atoms with Gasteiger partial charge in [-0.05, 0) is 37.7 Å². The minimum atomic E-state index is -4.67. The van der Waals surface area contributed by atoms with Gasteiger partial charge in [-0.3, -0.25) is 9.48 Å². The third-order valence-electron chi connectivity index (χ3n) is 5.62. The van der Waals surface area contributed by atoms with Crippen LogP contribution in [0.25, 0.3) is 10.9 Å². The third kappa shape index (κ3) is 4.47. The van der Waals surface area contributed by atoms with E-state index in [4.69, 9.17) is 4.74 Å². The van der Waals surface area contributed by atoms with Crippen molar-refractivity contribution in [3.63, 3.8) is 0 Å². The summed E-state index contributed by atoms with van der Waals surface area (Å²) in [4.78, 5) is 19.0. The van der Waals surface area contributed by atoms with Crippen molar-refractivity contribution in [3.8, 4) is 5.75 Å². The highest BCUT2D eigenvalue weighted by atomic mass is 19.4. The molecule has 164 valence electrons. The smallest absolute Gasteiger partial charge is 0.451 e. The number of aromatic nitrogens is 4. The van der Waals surface area contributed by atoms with Gasteiger partial charge in [0.1, 0.15) is 5.75 Å². The van der Waals surface area contributed by atoms with Crippen molar-refractivity contribution < 1.29 is 22.7 Å². The number of carbonyl (C=O) groups excluding carboxylic acids is 1. The molecule has 0 unspecified atom stereocenters. The molecule has 4 rings (SSSR count). The fourth-order valence-corrected chi connectivity index (χ4v) is 3.82.